The monoisotopic (exact) mass is 741 g/mol. The van der Waals surface area contributed by atoms with E-state index in [-0.39, 0.29) is 0 Å². The van der Waals surface area contributed by atoms with Crippen molar-refractivity contribution < 1.29 is 0 Å². The van der Waals surface area contributed by atoms with Gasteiger partial charge in [-0.2, -0.15) is 0 Å². The van der Waals surface area contributed by atoms with E-state index in [1.165, 1.54) is 205 Å². The van der Waals surface area contributed by atoms with Crippen LogP contribution in [0.3, 0.4) is 0 Å². The molecule has 2 atom stereocenters. The van der Waals surface area contributed by atoms with Crippen LogP contribution in [0, 0.1) is 35.5 Å². The topological polar surface area (TPSA) is 6.48 Å². The summed E-state index contributed by atoms with van der Waals surface area (Å²) in [5, 5.41) is 0. The maximum atomic E-state index is 3.26. The van der Waals surface area contributed by atoms with Crippen LogP contribution >= 0.6 is 0 Å². The Morgan fingerprint density at radius 3 is 0.963 bits per heavy atom. The van der Waals surface area contributed by atoms with Gasteiger partial charge in [0.05, 0.1) is 0 Å². The first-order valence-electron chi connectivity index (χ1n) is 25.7. The molecule has 0 radical (unpaired) electrons. The molecule has 0 N–H and O–H groups in total. The van der Waals surface area contributed by atoms with Crippen molar-refractivity contribution in [3.05, 3.63) is 24.3 Å². The minimum Gasteiger partial charge on any atom is -0.294 e. The van der Waals surface area contributed by atoms with E-state index < -0.39 is 0 Å². The third-order valence-electron chi connectivity index (χ3n) is 17.9. The van der Waals surface area contributed by atoms with Crippen molar-refractivity contribution in [3.63, 3.8) is 0 Å². The first-order valence-corrected chi connectivity index (χ1v) is 25.7. The molecule has 0 aliphatic heterocycles. The van der Waals surface area contributed by atoms with Crippen LogP contribution in [0.4, 0.5) is 0 Å². The number of hydrogen-bond donors (Lipinski definition) is 0. The van der Waals surface area contributed by atoms with Gasteiger partial charge in [-0.25, -0.2) is 0 Å². The minimum atomic E-state index is 0.856. The molecule has 0 heterocycles. The Bertz CT molecular complexity index is 1090. The van der Waals surface area contributed by atoms with Crippen molar-refractivity contribution in [1.29, 1.82) is 0 Å². The summed E-state index contributed by atoms with van der Waals surface area (Å²) in [5.41, 5.74) is 0. The molecule has 54 heavy (non-hydrogen) atoms. The van der Waals surface area contributed by atoms with Gasteiger partial charge in [-0.1, -0.05) is 108 Å². The van der Waals surface area contributed by atoms with E-state index in [0.29, 0.717) is 0 Å². The Morgan fingerprint density at radius 1 is 0.222 bits per heavy atom. The fourth-order valence-corrected chi connectivity index (χ4v) is 14.8. The van der Waals surface area contributed by atoms with Gasteiger partial charge < -0.3 is 0 Å². The zero-order valence-electron chi connectivity index (χ0n) is 35.6. The van der Waals surface area contributed by atoms with Gasteiger partial charge in [-0.3, -0.25) is 9.80 Å². The van der Waals surface area contributed by atoms with Crippen molar-refractivity contribution in [2.45, 2.75) is 267 Å². The van der Waals surface area contributed by atoms with Gasteiger partial charge in [0.2, 0.25) is 0 Å². The summed E-state index contributed by atoms with van der Waals surface area (Å²) in [6.07, 6.45) is 64.6. The van der Waals surface area contributed by atoms with Crippen LogP contribution in [0.25, 0.3) is 0 Å². The molecule has 0 saturated heterocycles. The quantitative estimate of drug-likeness (QED) is 0.195. The van der Waals surface area contributed by atoms with Crippen LogP contribution in [0.15, 0.2) is 24.3 Å². The summed E-state index contributed by atoms with van der Waals surface area (Å²) in [5.74, 6) is 5.59. The first kappa shape index (κ1) is 40.2. The highest BCUT2D eigenvalue weighted by Crippen LogP contribution is 2.45. The molecule has 8 rings (SSSR count). The van der Waals surface area contributed by atoms with Gasteiger partial charge in [0.15, 0.2) is 0 Å². The van der Waals surface area contributed by atoms with E-state index in [2.05, 4.69) is 34.1 Å². The normalized spacial score (nSPS) is 38.2. The average Bonchev–Trinajstić information content (AvgIpc) is 3.25. The van der Waals surface area contributed by atoms with Crippen LogP contribution in [-0.2, 0) is 0 Å². The molecule has 2 heteroatoms. The van der Waals surface area contributed by atoms with Crippen LogP contribution < -0.4 is 0 Å². The number of rotatable bonds is 11. The van der Waals surface area contributed by atoms with Crippen molar-refractivity contribution in [3.8, 4) is 0 Å². The summed E-state index contributed by atoms with van der Waals surface area (Å²) in [6.45, 7) is 0. The Morgan fingerprint density at radius 2 is 0.519 bits per heavy atom. The molecule has 306 valence electrons. The summed E-state index contributed by atoms with van der Waals surface area (Å²) < 4.78 is 0. The van der Waals surface area contributed by atoms with E-state index in [1.807, 2.05) is 0 Å². The molecular formula is C52H88N2. The lowest BCUT2D eigenvalue weighted by Crippen LogP contribution is -2.53. The van der Waals surface area contributed by atoms with Crippen molar-refractivity contribution >= 4 is 0 Å². The van der Waals surface area contributed by atoms with Crippen LogP contribution in [0.1, 0.15) is 231 Å². The van der Waals surface area contributed by atoms with E-state index in [0.717, 1.165) is 71.8 Å². The molecule has 2 unspecified atom stereocenters. The zero-order chi connectivity index (χ0) is 36.4. The molecule has 0 bridgehead atoms. The molecule has 8 fully saturated rings. The lowest BCUT2D eigenvalue weighted by Gasteiger charge is -2.51. The molecule has 8 aliphatic carbocycles. The molecule has 8 saturated carbocycles. The Kier molecular flexibility index (Phi) is 15.6. The summed E-state index contributed by atoms with van der Waals surface area (Å²) in [7, 11) is 0. The molecular weight excluding hydrogens is 653 g/mol. The van der Waals surface area contributed by atoms with Gasteiger partial charge in [0.25, 0.3) is 0 Å². The van der Waals surface area contributed by atoms with Gasteiger partial charge in [0.1, 0.15) is 0 Å². The summed E-state index contributed by atoms with van der Waals surface area (Å²) >= 11 is 0. The standard InChI is InChI=1S/C52H88N2/c1-5-14-41(15-6-1)24-25-43-28-34-49(35-29-43)53(47-19-9-3-10-20-47)50-36-30-45(31-37-50)46-32-38-51(39-33-46)54(48-21-11-4-12-22-48)52-23-13-18-44(40-52)27-26-42-16-7-2-8-17-42/h24-27,41-52H,1-23,28-40H2. The second kappa shape index (κ2) is 20.9. The van der Waals surface area contributed by atoms with Gasteiger partial charge in [-0.15, -0.1) is 0 Å². The molecule has 0 spiro atoms. The van der Waals surface area contributed by atoms with Crippen LogP contribution in [0.2, 0.25) is 0 Å². The predicted molar refractivity (Wildman–Crippen MR) is 232 cm³/mol. The summed E-state index contributed by atoms with van der Waals surface area (Å²) in [4.78, 5) is 6.51. The first-order chi connectivity index (χ1) is 26.8. The number of hydrogen-bond acceptors (Lipinski definition) is 2. The minimum absolute atomic E-state index is 0.856. The highest BCUT2D eigenvalue weighted by atomic mass is 15.2. The predicted octanol–water partition coefficient (Wildman–Crippen LogP) is 14.8. The Balaban J connectivity index is 0.835. The average molecular weight is 741 g/mol. The molecule has 0 amide bonds. The number of nitrogens with zero attached hydrogens (tertiary/aromatic N) is 2. The lowest BCUT2D eigenvalue weighted by atomic mass is 9.70. The Labute approximate surface area is 335 Å². The SMILES string of the molecule is C(=CC1CCC(N(C2CCCCC2)C2CCC(C3CCC(N(C4CCCCC4)C4CCCC(C=CC5CCCCC5)C4)CC3)CC2)CC1)C1CCCCC1. The van der Waals surface area contributed by atoms with Gasteiger partial charge in [0, 0.05) is 36.3 Å². The largest absolute Gasteiger partial charge is 0.294 e. The zero-order valence-corrected chi connectivity index (χ0v) is 35.6. The van der Waals surface area contributed by atoms with Crippen molar-refractivity contribution in [2.24, 2.45) is 35.5 Å². The second-order valence-electron chi connectivity index (χ2n) is 21.3. The van der Waals surface area contributed by atoms with E-state index in [1.54, 1.807) is 25.7 Å². The smallest absolute Gasteiger partial charge is 0.0107 e. The molecule has 0 aromatic carbocycles. The maximum absolute atomic E-state index is 3.26. The highest BCUT2D eigenvalue weighted by Gasteiger charge is 2.41. The molecule has 2 nitrogen and oxygen atoms in total. The Hall–Kier alpha value is -0.600. The molecule has 0 aromatic heterocycles. The van der Waals surface area contributed by atoms with E-state index >= 15 is 0 Å². The van der Waals surface area contributed by atoms with Crippen LogP contribution in [-0.4, -0.2) is 46.1 Å². The molecule has 8 aliphatic rings. The van der Waals surface area contributed by atoms with Gasteiger partial charge >= 0.3 is 0 Å². The van der Waals surface area contributed by atoms with E-state index in [9.17, 15) is 0 Å². The van der Waals surface area contributed by atoms with Crippen molar-refractivity contribution in [1.82, 2.24) is 9.80 Å². The van der Waals surface area contributed by atoms with Crippen molar-refractivity contribution in [2.75, 3.05) is 0 Å². The van der Waals surface area contributed by atoms with Gasteiger partial charge in [-0.05, 0) is 183 Å². The summed E-state index contributed by atoms with van der Waals surface area (Å²) in [6, 6.07) is 5.35. The van der Waals surface area contributed by atoms with E-state index in [4.69, 9.17) is 0 Å². The fourth-order valence-electron chi connectivity index (χ4n) is 14.8. The highest BCUT2D eigenvalue weighted by molar-refractivity contribution is 5.01. The second-order valence-corrected chi connectivity index (χ2v) is 21.3. The third kappa shape index (κ3) is 10.9. The fraction of sp³-hybridized carbons (Fsp3) is 0.923. The third-order valence-corrected chi connectivity index (χ3v) is 17.9. The number of allylic oxidation sites excluding steroid dienone is 4. The van der Waals surface area contributed by atoms with Crippen LogP contribution in [0.5, 0.6) is 0 Å². The maximum Gasteiger partial charge on any atom is 0.0107 e. The lowest BCUT2D eigenvalue weighted by molar-refractivity contribution is -0.00819. The molecule has 0 aromatic rings.